The molecule has 22 heavy (non-hydrogen) atoms. The molecule has 0 aliphatic rings. The van der Waals surface area contributed by atoms with E-state index < -0.39 is 6.03 Å². The minimum atomic E-state index is -0.641. The van der Waals surface area contributed by atoms with Gasteiger partial charge in [0, 0.05) is 16.3 Å². The van der Waals surface area contributed by atoms with Crippen LogP contribution in [0.15, 0.2) is 53.4 Å². The normalized spacial score (nSPS) is 10.0. The highest BCUT2D eigenvalue weighted by Gasteiger charge is 2.08. The molecule has 0 aliphatic carbocycles. The number of nitrogens with one attached hydrogen (secondary N) is 2. The van der Waals surface area contributed by atoms with Crippen LogP contribution in [0.25, 0.3) is 0 Å². The molecule has 4 N–H and O–H groups in total. The largest absolute Gasteiger partial charge is 0.351 e. The predicted molar refractivity (Wildman–Crippen MR) is 90.2 cm³/mol. The highest BCUT2D eigenvalue weighted by atomic mass is 32.2. The first kappa shape index (κ1) is 15.9. The molecule has 0 bridgehead atoms. The fourth-order valence-corrected chi connectivity index (χ4v) is 2.66. The average molecular weight is 315 g/mol. The molecular weight excluding hydrogens is 298 g/mol. The van der Waals surface area contributed by atoms with Gasteiger partial charge >= 0.3 is 6.03 Å². The van der Waals surface area contributed by atoms with E-state index in [1.807, 2.05) is 30.5 Å². The highest BCUT2D eigenvalue weighted by molar-refractivity contribution is 7.98. The molecule has 2 aromatic carbocycles. The van der Waals surface area contributed by atoms with Crippen molar-refractivity contribution in [1.82, 2.24) is 0 Å². The van der Waals surface area contributed by atoms with Crippen molar-refractivity contribution in [3.8, 4) is 0 Å². The van der Waals surface area contributed by atoms with Gasteiger partial charge in [0.15, 0.2) is 0 Å². The first-order chi connectivity index (χ1) is 10.6. The van der Waals surface area contributed by atoms with E-state index in [1.54, 1.807) is 36.0 Å². The fourth-order valence-electron chi connectivity index (χ4n) is 2.04. The summed E-state index contributed by atoms with van der Waals surface area (Å²) in [6.07, 6.45) is 2.28. The van der Waals surface area contributed by atoms with Crippen molar-refractivity contribution in [2.45, 2.75) is 11.3 Å². The molecule has 0 spiro atoms. The quantitative estimate of drug-likeness (QED) is 0.741. The maximum absolute atomic E-state index is 12.2. The Balaban J connectivity index is 2.04. The summed E-state index contributed by atoms with van der Waals surface area (Å²) in [7, 11) is 0. The van der Waals surface area contributed by atoms with Gasteiger partial charge in [-0.05, 0) is 36.1 Å². The van der Waals surface area contributed by atoms with Crippen LogP contribution < -0.4 is 16.4 Å². The molecule has 0 saturated carbocycles. The maximum atomic E-state index is 12.2. The van der Waals surface area contributed by atoms with Crippen LogP contribution in [0, 0.1) is 0 Å². The highest BCUT2D eigenvalue weighted by Crippen LogP contribution is 2.21. The molecule has 0 heterocycles. The molecule has 6 heteroatoms. The van der Waals surface area contributed by atoms with Gasteiger partial charge in [0.2, 0.25) is 5.91 Å². The number of rotatable bonds is 5. The van der Waals surface area contributed by atoms with Gasteiger partial charge in [0.05, 0.1) is 6.42 Å². The summed E-state index contributed by atoms with van der Waals surface area (Å²) >= 11 is 1.61. The molecule has 0 aromatic heterocycles. The summed E-state index contributed by atoms with van der Waals surface area (Å²) in [6, 6.07) is 14.0. The molecule has 5 nitrogen and oxygen atoms in total. The smallest absolute Gasteiger partial charge is 0.316 e. The molecule has 0 unspecified atom stereocenters. The number of primary amides is 1. The van der Waals surface area contributed by atoms with Crippen LogP contribution in [0.3, 0.4) is 0 Å². The van der Waals surface area contributed by atoms with Crippen molar-refractivity contribution in [3.63, 3.8) is 0 Å². The SMILES string of the molecule is CSc1ccccc1CC(=O)Nc1cccc(NC(N)=O)c1. The third-order valence-electron chi connectivity index (χ3n) is 2.96. The molecular formula is C16H17N3O2S. The summed E-state index contributed by atoms with van der Waals surface area (Å²) in [6.45, 7) is 0. The van der Waals surface area contributed by atoms with Gasteiger partial charge in [-0.3, -0.25) is 4.79 Å². The van der Waals surface area contributed by atoms with E-state index in [2.05, 4.69) is 10.6 Å². The van der Waals surface area contributed by atoms with E-state index in [1.165, 1.54) is 0 Å². The lowest BCUT2D eigenvalue weighted by atomic mass is 10.1. The zero-order chi connectivity index (χ0) is 15.9. The standard InChI is InChI=1S/C16H17N3O2S/c1-22-14-8-3-2-5-11(14)9-15(20)18-12-6-4-7-13(10-12)19-16(17)21/h2-8,10H,9H2,1H3,(H,18,20)(H3,17,19,21). The number of amides is 3. The van der Waals surface area contributed by atoms with Gasteiger partial charge in [-0.1, -0.05) is 24.3 Å². The Morgan fingerprint density at radius 2 is 1.73 bits per heavy atom. The Labute approximate surface area is 133 Å². The molecule has 3 amide bonds. The van der Waals surface area contributed by atoms with Crippen molar-refractivity contribution >= 4 is 35.1 Å². The number of carbonyl (C=O) groups excluding carboxylic acids is 2. The predicted octanol–water partition coefficient (Wildman–Crippen LogP) is 3.08. The third-order valence-corrected chi connectivity index (χ3v) is 3.80. The fraction of sp³-hybridized carbons (Fsp3) is 0.125. The number of nitrogens with two attached hydrogens (primary N) is 1. The van der Waals surface area contributed by atoms with Crippen LogP contribution in [-0.2, 0) is 11.2 Å². The molecule has 114 valence electrons. The van der Waals surface area contributed by atoms with E-state index in [0.29, 0.717) is 17.8 Å². The van der Waals surface area contributed by atoms with E-state index in [-0.39, 0.29) is 5.91 Å². The van der Waals surface area contributed by atoms with E-state index >= 15 is 0 Å². The number of urea groups is 1. The van der Waals surface area contributed by atoms with E-state index in [4.69, 9.17) is 5.73 Å². The van der Waals surface area contributed by atoms with Gasteiger partial charge in [-0.25, -0.2) is 4.79 Å². The lowest BCUT2D eigenvalue weighted by Crippen LogP contribution is -2.19. The van der Waals surface area contributed by atoms with Crippen LogP contribution in [0.5, 0.6) is 0 Å². The molecule has 0 saturated heterocycles. The van der Waals surface area contributed by atoms with Crippen molar-refractivity contribution in [2.24, 2.45) is 5.73 Å². The summed E-state index contributed by atoms with van der Waals surface area (Å²) in [5.41, 5.74) is 7.20. The summed E-state index contributed by atoms with van der Waals surface area (Å²) in [4.78, 5) is 24.1. The molecule has 0 radical (unpaired) electrons. The average Bonchev–Trinajstić information content (AvgIpc) is 2.47. The minimum Gasteiger partial charge on any atom is -0.351 e. The molecule has 0 fully saturated rings. The molecule has 0 atom stereocenters. The van der Waals surface area contributed by atoms with Crippen molar-refractivity contribution in [1.29, 1.82) is 0 Å². The zero-order valence-corrected chi connectivity index (χ0v) is 12.9. The van der Waals surface area contributed by atoms with Gasteiger partial charge in [0.25, 0.3) is 0 Å². The van der Waals surface area contributed by atoms with Crippen molar-refractivity contribution in [3.05, 3.63) is 54.1 Å². The first-order valence-corrected chi connectivity index (χ1v) is 7.89. The zero-order valence-electron chi connectivity index (χ0n) is 12.1. The van der Waals surface area contributed by atoms with Crippen molar-refractivity contribution in [2.75, 3.05) is 16.9 Å². The number of hydrogen-bond acceptors (Lipinski definition) is 3. The molecule has 2 rings (SSSR count). The van der Waals surface area contributed by atoms with Crippen LogP contribution in [0.4, 0.5) is 16.2 Å². The van der Waals surface area contributed by atoms with Crippen LogP contribution in [-0.4, -0.2) is 18.2 Å². The number of thioether (sulfide) groups is 1. The van der Waals surface area contributed by atoms with Crippen LogP contribution in [0.1, 0.15) is 5.56 Å². The van der Waals surface area contributed by atoms with Gasteiger partial charge in [-0.15, -0.1) is 11.8 Å². The third kappa shape index (κ3) is 4.53. The van der Waals surface area contributed by atoms with Crippen LogP contribution >= 0.6 is 11.8 Å². The Hall–Kier alpha value is -2.47. The Morgan fingerprint density at radius 1 is 1.05 bits per heavy atom. The second-order valence-electron chi connectivity index (χ2n) is 4.61. The Kier molecular flexibility index (Phi) is 5.43. The second-order valence-corrected chi connectivity index (χ2v) is 5.45. The summed E-state index contributed by atoms with van der Waals surface area (Å²) < 4.78 is 0. The number of carbonyl (C=O) groups is 2. The maximum Gasteiger partial charge on any atom is 0.316 e. The van der Waals surface area contributed by atoms with Gasteiger partial charge < -0.3 is 16.4 Å². The van der Waals surface area contributed by atoms with Gasteiger partial charge in [0.1, 0.15) is 0 Å². The topological polar surface area (TPSA) is 84.2 Å². The lowest BCUT2D eigenvalue weighted by Gasteiger charge is -2.09. The molecule has 2 aromatic rings. The Bertz CT molecular complexity index is 689. The number of anilines is 2. The minimum absolute atomic E-state index is 0.113. The van der Waals surface area contributed by atoms with E-state index in [0.717, 1.165) is 10.5 Å². The van der Waals surface area contributed by atoms with E-state index in [9.17, 15) is 9.59 Å². The number of hydrogen-bond donors (Lipinski definition) is 3. The number of benzene rings is 2. The molecule has 0 aliphatic heterocycles. The summed E-state index contributed by atoms with van der Waals surface area (Å²) in [5, 5.41) is 5.29. The lowest BCUT2D eigenvalue weighted by molar-refractivity contribution is -0.115. The second kappa shape index (κ2) is 7.51. The first-order valence-electron chi connectivity index (χ1n) is 6.67. The monoisotopic (exact) mass is 315 g/mol. The summed E-state index contributed by atoms with van der Waals surface area (Å²) in [5.74, 6) is -0.113. The van der Waals surface area contributed by atoms with Gasteiger partial charge in [-0.2, -0.15) is 0 Å². The van der Waals surface area contributed by atoms with Crippen molar-refractivity contribution < 1.29 is 9.59 Å². The Morgan fingerprint density at radius 3 is 2.41 bits per heavy atom. The van der Waals surface area contributed by atoms with Crippen LogP contribution in [0.2, 0.25) is 0 Å².